The van der Waals surface area contributed by atoms with Crippen LogP contribution in [0.2, 0.25) is 0 Å². The topological polar surface area (TPSA) is 49.4 Å². The fourth-order valence-electron chi connectivity index (χ4n) is 2.77. The zero-order valence-electron chi connectivity index (χ0n) is 13.0. The third kappa shape index (κ3) is 3.15. The van der Waals surface area contributed by atoms with E-state index in [1.54, 1.807) is 12.1 Å². The van der Waals surface area contributed by atoms with Gasteiger partial charge in [0, 0.05) is 10.2 Å². The number of imide groups is 1. The van der Waals surface area contributed by atoms with Gasteiger partial charge in [0.2, 0.25) is 5.91 Å². The van der Waals surface area contributed by atoms with Crippen molar-refractivity contribution in [2.45, 2.75) is 26.3 Å². The first kappa shape index (κ1) is 15.7. The van der Waals surface area contributed by atoms with Gasteiger partial charge in [-0.2, -0.15) is 0 Å². The number of halogens is 1. The standard InChI is InChI=1S/C18H17BrN2O2/c1-11-3-8-15(12(2)9-11)20-16-10-17(22)21(18(16)23)14-6-4-13(19)5-7-14/h3-9,16,20H,10H2,1-2H3/t16-/m1/s1. The maximum Gasteiger partial charge on any atom is 0.256 e. The molecular weight excluding hydrogens is 356 g/mol. The number of aryl methyl sites for hydroxylation is 2. The Bertz CT molecular complexity index is 771. The predicted octanol–water partition coefficient (Wildman–Crippen LogP) is 3.81. The molecule has 2 amide bonds. The zero-order valence-corrected chi connectivity index (χ0v) is 14.6. The van der Waals surface area contributed by atoms with Gasteiger partial charge in [0.25, 0.3) is 5.91 Å². The van der Waals surface area contributed by atoms with Gasteiger partial charge in [-0.05, 0) is 49.7 Å². The summed E-state index contributed by atoms with van der Waals surface area (Å²) in [5, 5.41) is 3.21. The molecule has 1 heterocycles. The Morgan fingerprint density at radius 3 is 2.43 bits per heavy atom. The fourth-order valence-corrected chi connectivity index (χ4v) is 3.03. The number of nitrogens with one attached hydrogen (secondary N) is 1. The second-order valence-corrected chi connectivity index (χ2v) is 6.68. The van der Waals surface area contributed by atoms with E-state index in [0.29, 0.717) is 5.69 Å². The maximum absolute atomic E-state index is 12.6. The number of hydrogen-bond donors (Lipinski definition) is 1. The van der Waals surface area contributed by atoms with Gasteiger partial charge in [0.15, 0.2) is 0 Å². The van der Waals surface area contributed by atoms with Crippen LogP contribution in [-0.4, -0.2) is 17.9 Å². The molecule has 0 spiro atoms. The lowest BCUT2D eigenvalue weighted by atomic mass is 10.1. The number of benzene rings is 2. The van der Waals surface area contributed by atoms with Crippen molar-refractivity contribution in [3.8, 4) is 0 Å². The average molecular weight is 373 g/mol. The molecule has 1 aliphatic rings. The molecule has 118 valence electrons. The molecule has 0 aliphatic carbocycles. The average Bonchev–Trinajstić information content (AvgIpc) is 2.78. The normalized spacial score (nSPS) is 17.7. The lowest BCUT2D eigenvalue weighted by Gasteiger charge is -2.17. The van der Waals surface area contributed by atoms with E-state index in [-0.39, 0.29) is 18.2 Å². The summed E-state index contributed by atoms with van der Waals surface area (Å²) in [4.78, 5) is 26.1. The highest BCUT2D eigenvalue weighted by Crippen LogP contribution is 2.27. The van der Waals surface area contributed by atoms with Crippen LogP contribution in [0.3, 0.4) is 0 Å². The summed E-state index contributed by atoms with van der Waals surface area (Å²) >= 11 is 3.35. The van der Waals surface area contributed by atoms with E-state index in [1.165, 1.54) is 10.5 Å². The van der Waals surface area contributed by atoms with Gasteiger partial charge in [-0.3, -0.25) is 9.59 Å². The molecule has 5 heteroatoms. The Balaban J connectivity index is 1.82. The summed E-state index contributed by atoms with van der Waals surface area (Å²) in [6.45, 7) is 4.01. The quantitative estimate of drug-likeness (QED) is 0.833. The Kier molecular flexibility index (Phi) is 4.22. The van der Waals surface area contributed by atoms with Gasteiger partial charge in [0.05, 0.1) is 12.1 Å². The largest absolute Gasteiger partial charge is 0.373 e. The first-order valence-corrected chi connectivity index (χ1v) is 8.21. The molecule has 4 nitrogen and oxygen atoms in total. The van der Waals surface area contributed by atoms with Crippen LogP contribution in [0.5, 0.6) is 0 Å². The Labute approximate surface area is 143 Å². The molecule has 2 aromatic rings. The van der Waals surface area contributed by atoms with Crippen LogP contribution in [0.1, 0.15) is 17.5 Å². The van der Waals surface area contributed by atoms with Gasteiger partial charge in [-0.15, -0.1) is 0 Å². The van der Waals surface area contributed by atoms with E-state index in [1.807, 2.05) is 38.1 Å². The first-order valence-electron chi connectivity index (χ1n) is 7.42. The number of carbonyl (C=O) groups excluding carboxylic acids is 2. The Hall–Kier alpha value is -2.14. The summed E-state index contributed by atoms with van der Waals surface area (Å²) < 4.78 is 0.908. The van der Waals surface area contributed by atoms with E-state index in [0.717, 1.165) is 15.7 Å². The van der Waals surface area contributed by atoms with Gasteiger partial charge < -0.3 is 5.32 Å². The number of nitrogens with zero attached hydrogens (tertiary/aromatic N) is 1. The minimum absolute atomic E-state index is 0.169. The summed E-state index contributed by atoms with van der Waals surface area (Å²) in [5.41, 5.74) is 3.72. The second kappa shape index (κ2) is 6.16. The van der Waals surface area contributed by atoms with Crippen molar-refractivity contribution >= 4 is 39.1 Å². The van der Waals surface area contributed by atoms with Crippen LogP contribution in [0.15, 0.2) is 46.9 Å². The molecule has 0 aromatic heterocycles. The van der Waals surface area contributed by atoms with E-state index in [4.69, 9.17) is 0 Å². The molecule has 1 saturated heterocycles. The van der Waals surface area contributed by atoms with E-state index in [2.05, 4.69) is 27.3 Å². The van der Waals surface area contributed by atoms with E-state index >= 15 is 0 Å². The van der Waals surface area contributed by atoms with Crippen molar-refractivity contribution in [3.05, 3.63) is 58.1 Å². The third-order valence-corrected chi connectivity index (χ3v) is 4.47. The number of anilines is 2. The SMILES string of the molecule is Cc1ccc(N[C@@H]2CC(=O)N(c3ccc(Br)cc3)C2=O)c(C)c1. The van der Waals surface area contributed by atoms with Crippen LogP contribution in [0, 0.1) is 13.8 Å². The molecule has 0 radical (unpaired) electrons. The second-order valence-electron chi connectivity index (χ2n) is 5.76. The molecule has 3 rings (SSSR count). The minimum Gasteiger partial charge on any atom is -0.373 e. The van der Waals surface area contributed by atoms with Crippen molar-refractivity contribution in [3.63, 3.8) is 0 Å². The number of amides is 2. The minimum atomic E-state index is -0.521. The lowest BCUT2D eigenvalue weighted by Crippen LogP contribution is -2.34. The van der Waals surface area contributed by atoms with E-state index in [9.17, 15) is 9.59 Å². The zero-order chi connectivity index (χ0) is 16.6. The van der Waals surface area contributed by atoms with Crippen LogP contribution in [0.4, 0.5) is 11.4 Å². The number of hydrogen-bond acceptors (Lipinski definition) is 3. The molecule has 1 atom stereocenters. The highest BCUT2D eigenvalue weighted by Gasteiger charge is 2.39. The molecule has 1 aliphatic heterocycles. The van der Waals surface area contributed by atoms with Crippen LogP contribution in [-0.2, 0) is 9.59 Å². The van der Waals surface area contributed by atoms with Crippen molar-refractivity contribution in [2.24, 2.45) is 0 Å². The highest BCUT2D eigenvalue weighted by atomic mass is 79.9. The molecule has 0 bridgehead atoms. The number of carbonyl (C=O) groups is 2. The van der Waals surface area contributed by atoms with Crippen molar-refractivity contribution in [1.29, 1.82) is 0 Å². The molecule has 2 aromatic carbocycles. The first-order chi connectivity index (χ1) is 11.0. The van der Waals surface area contributed by atoms with Crippen molar-refractivity contribution in [1.82, 2.24) is 0 Å². The van der Waals surface area contributed by atoms with E-state index < -0.39 is 6.04 Å². The van der Waals surface area contributed by atoms with Gasteiger partial charge in [0.1, 0.15) is 6.04 Å². The number of rotatable bonds is 3. The monoisotopic (exact) mass is 372 g/mol. The summed E-state index contributed by atoms with van der Waals surface area (Å²) in [7, 11) is 0. The predicted molar refractivity (Wildman–Crippen MR) is 94.6 cm³/mol. The van der Waals surface area contributed by atoms with Gasteiger partial charge >= 0.3 is 0 Å². The smallest absolute Gasteiger partial charge is 0.256 e. The molecule has 1 fully saturated rings. The lowest BCUT2D eigenvalue weighted by molar-refractivity contribution is -0.121. The highest BCUT2D eigenvalue weighted by molar-refractivity contribution is 9.10. The molecule has 1 N–H and O–H groups in total. The molecule has 23 heavy (non-hydrogen) atoms. The Morgan fingerprint density at radius 1 is 1.09 bits per heavy atom. The van der Waals surface area contributed by atoms with Crippen molar-refractivity contribution < 1.29 is 9.59 Å². The molecular formula is C18H17BrN2O2. The van der Waals surface area contributed by atoms with Crippen LogP contribution < -0.4 is 10.2 Å². The summed E-state index contributed by atoms with van der Waals surface area (Å²) in [6.07, 6.45) is 0.169. The third-order valence-electron chi connectivity index (χ3n) is 3.94. The van der Waals surface area contributed by atoms with Gasteiger partial charge in [-0.1, -0.05) is 33.6 Å². The maximum atomic E-state index is 12.6. The van der Waals surface area contributed by atoms with Crippen LogP contribution in [0.25, 0.3) is 0 Å². The molecule has 0 unspecified atom stereocenters. The summed E-state index contributed by atoms with van der Waals surface area (Å²) in [5.74, 6) is -0.392. The van der Waals surface area contributed by atoms with Crippen molar-refractivity contribution in [2.75, 3.05) is 10.2 Å². The fraction of sp³-hybridized carbons (Fsp3) is 0.222. The summed E-state index contributed by atoms with van der Waals surface area (Å²) in [6, 6.07) is 12.6. The Morgan fingerprint density at radius 2 is 1.78 bits per heavy atom. The van der Waals surface area contributed by atoms with Gasteiger partial charge in [-0.25, -0.2) is 4.90 Å². The molecule has 0 saturated carbocycles. The van der Waals surface area contributed by atoms with Crippen LogP contribution >= 0.6 is 15.9 Å².